The molecule has 1 aliphatic heterocycles. The van der Waals surface area contributed by atoms with Crippen molar-refractivity contribution in [2.45, 2.75) is 6.42 Å². The van der Waals surface area contributed by atoms with E-state index in [-0.39, 0.29) is 26.2 Å². The Hall–Kier alpha value is -2.57. The third kappa shape index (κ3) is 5.21. The minimum absolute atomic E-state index is 0.108. The van der Waals surface area contributed by atoms with Gasteiger partial charge in [-0.25, -0.2) is 14.5 Å². The number of rotatable bonds is 6. The van der Waals surface area contributed by atoms with Gasteiger partial charge in [0.2, 0.25) is 11.8 Å². The standard InChI is InChI=1S/C16H19IN4O6/c1-26-12-4-3-10(17)7-11(12)20-6-5-14(23)21(16(20)25)9-19-13(22)8-18-15(24)27-2/h3-4,7H,5-6,8-9H2,1-2H3,(H,18,24)(H,19,22). The van der Waals surface area contributed by atoms with Crippen molar-refractivity contribution in [1.29, 1.82) is 0 Å². The second-order valence-electron chi connectivity index (χ2n) is 5.43. The number of anilines is 1. The molecule has 1 saturated heterocycles. The van der Waals surface area contributed by atoms with Gasteiger partial charge in [-0.2, -0.15) is 0 Å². The Kier molecular flexibility index (Phi) is 7.21. The highest BCUT2D eigenvalue weighted by molar-refractivity contribution is 14.1. The third-order valence-corrected chi connectivity index (χ3v) is 4.43. The lowest BCUT2D eigenvalue weighted by molar-refractivity contribution is -0.130. The van der Waals surface area contributed by atoms with Crippen molar-refractivity contribution in [1.82, 2.24) is 15.5 Å². The van der Waals surface area contributed by atoms with Gasteiger partial charge >= 0.3 is 12.1 Å². The van der Waals surface area contributed by atoms with Gasteiger partial charge in [0.05, 0.1) is 19.9 Å². The molecule has 1 aromatic rings. The van der Waals surface area contributed by atoms with E-state index in [4.69, 9.17) is 4.74 Å². The Labute approximate surface area is 169 Å². The molecule has 11 heteroatoms. The first-order valence-electron chi connectivity index (χ1n) is 7.91. The number of methoxy groups -OCH3 is 2. The topological polar surface area (TPSA) is 117 Å². The maximum Gasteiger partial charge on any atom is 0.407 e. The van der Waals surface area contributed by atoms with Gasteiger partial charge in [0.1, 0.15) is 19.0 Å². The Balaban J connectivity index is 2.06. The zero-order chi connectivity index (χ0) is 20.0. The lowest BCUT2D eigenvalue weighted by Crippen LogP contribution is -2.56. The van der Waals surface area contributed by atoms with Crippen LogP contribution in [-0.4, -0.2) is 62.8 Å². The number of nitrogens with zero attached hydrogens (tertiary/aromatic N) is 2. The quantitative estimate of drug-likeness (QED) is 0.573. The van der Waals surface area contributed by atoms with Gasteiger partial charge in [-0.05, 0) is 40.8 Å². The van der Waals surface area contributed by atoms with E-state index in [2.05, 4.69) is 38.0 Å². The largest absolute Gasteiger partial charge is 0.495 e. The molecule has 1 fully saturated rings. The van der Waals surface area contributed by atoms with Crippen molar-refractivity contribution < 1.29 is 28.7 Å². The highest BCUT2D eigenvalue weighted by Crippen LogP contribution is 2.32. The molecule has 2 N–H and O–H groups in total. The summed E-state index contributed by atoms with van der Waals surface area (Å²) in [7, 11) is 2.67. The van der Waals surface area contributed by atoms with Crippen molar-refractivity contribution >= 4 is 52.2 Å². The molecule has 0 aliphatic carbocycles. The third-order valence-electron chi connectivity index (χ3n) is 3.76. The first kappa shape index (κ1) is 20.7. The van der Waals surface area contributed by atoms with Crippen LogP contribution in [0.5, 0.6) is 5.75 Å². The van der Waals surface area contributed by atoms with E-state index in [1.807, 2.05) is 6.07 Å². The number of benzene rings is 1. The van der Waals surface area contributed by atoms with Gasteiger partial charge in [0.25, 0.3) is 0 Å². The summed E-state index contributed by atoms with van der Waals surface area (Å²) in [4.78, 5) is 50.0. The Morgan fingerprint density at radius 1 is 1.22 bits per heavy atom. The number of imide groups is 1. The fourth-order valence-corrected chi connectivity index (χ4v) is 2.87. The molecule has 0 bridgehead atoms. The molecule has 5 amide bonds. The molecule has 0 radical (unpaired) electrons. The SMILES string of the molecule is COC(=O)NCC(=O)NCN1C(=O)CCN(c2cc(I)ccc2OC)C1=O. The molecule has 1 aliphatic rings. The lowest BCUT2D eigenvalue weighted by Gasteiger charge is -2.34. The van der Waals surface area contributed by atoms with Crippen molar-refractivity contribution in [2.75, 3.05) is 38.9 Å². The van der Waals surface area contributed by atoms with E-state index in [1.54, 1.807) is 12.1 Å². The molecule has 146 valence electrons. The summed E-state index contributed by atoms with van der Waals surface area (Å²) in [6, 6.07) is 4.80. The minimum Gasteiger partial charge on any atom is -0.495 e. The molecule has 0 atom stereocenters. The molecular formula is C16H19IN4O6. The smallest absolute Gasteiger partial charge is 0.407 e. The van der Waals surface area contributed by atoms with Crippen molar-refractivity contribution in [2.24, 2.45) is 0 Å². The molecule has 1 heterocycles. The molecule has 1 aromatic carbocycles. The van der Waals surface area contributed by atoms with E-state index in [0.29, 0.717) is 11.4 Å². The first-order valence-corrected chi connectivity index (χ1v) is 8.99. The van der Waals surface area contributed by atoms with Crippen LogP contribution in [0.15, 0.2) is 18.2 Å². The van der Waals surface area contributed by atoms with Crippen LogP contribution >= 0.6 is 22.6 Å². The number of ether oxygens (including phenoxy) is 2. The van der Waals surface area contributed by atoms with Gasteiger partial charge < -0.3 is 20.1 Å². The fraction of sp³-hybridized carbons (Fsp3) is 0.375. The van der Waals surface area contributed by atoms with Crippen LogP contribution in [0, 0.1) is 3.57 Å². The number of carbonyl (C=O) groups excluding carboxylic acids is 4. The van der Waals surface area contributed by atoms with Crippen LogP contribution in [0.25, 0.3) is 0 Å². The Morgan fingerprint density at radius 2 is 1.96 bits per heavy atom. The van der Waals surface area contributed by atoms with Gasteiger partial charge in [-0.3, -0.25) is 14.5 Å². The number of hydrogen-bond acceptors (Lipinski definition) is 6. The highest BCUT2D eigenvalue weighted by atomic mass is 127. The molecule has 10 nitrogen and oxygen atoms in total. The van der Waals surface area contributed by atoms with Crippen LogP contribution in [-0.2, 0) is 14.3 Å². The van der Waals surface area contributed by atoms with Crippen LogP contribution < -0.4 is 20.3 Å². The summed E-state index contributed by atoms with van der Waals surface area (Å²) in [6.07, 6.45) is -0.649. The predicted molar refractivity (Wildman–Crippen MR) is 103 cm³/mol. The van der Waals surface area contributed by atoms with E-state index < -0.39 is 23.9 Å². The van der Waals surface area contributed by atoms with E-state index in [0.717, 1.165) is 8.47 Å². The molecule has 27 heavy (non-hydrogen) atoms. The molecule has 2 rings (SSSR count). The van der Waals surface area contributed by atoms with Crippen LogP contribution in [0.1, 0.15) is 6.42 Å². The van der Waals surface area contributed by atoms with Crippen LogP contribution in [0.3, 0.4) is 0 Å². The summed E-state index contributed by atoms with van der Waals surface area (Å²) in [5.74, 6) is -0.462. The zero-order valence-electron chi connectivity index (χ0n) is 14.8. The maximum atomic E-state index is 12.8. The second kappa shape index (κ2) is 9.39. The van der Waals surface area contributed by atoms with Crippen molar-refractivity contribution in [3.8, 4) is 5.75 Å². The molecule has 0 saturated carbocycles. The van der Waals surface area contributed by atoms with E-state index in [9.17, 15) is 19.2 Å². The van der Waals surface area contributed by atoms with Gasteiger partial charge in [-0.1, -0.05) is 0 Å². The zero-order valence-corrected chi connectivity index (χ0v) is 16.9. The minimum atomic E-state index is -0.757. The van der Waals surface area contributed by atoms with Gasteiger partial charge in [0, 0.05) is 16.5 Å². The summed E-state index contributed by atoms with van der Waals surface area (Å²) < 4.78 is 10.6. The summed E-state index contributed by atoms with van der Waals surface area (Å²) in [6.45, 7) is -0.429. The molecule has 0 aromatic heterocycles. The number of halogens is 1. The maximum absolute atomic E-state index is 12.8. The number of amides is 5. The van der Waals surface area contributed by atoms with Crippen molar-refractivity contribution in [3.05, 3.63) is 21.8 Å². The van der Waals surface area contributed by atoms with Gasteiger partial charge in [0.15, 0.2) is 0 Å². The predicted octanol–water partition coefficient (Wildman–Crippen LogP) is 0.888. The Bertz CT molecular complexity index is 756. The average molecular weight is 490 g/mol. The molecule has 0 unspecified atom stereocenters. The van der Waals surface area contributed by atoms with Crippen molar-refractivity contribution in [3.63, 3.8) is 0 Å². The number of urea groups is 1. The number of nitrogens with one attached hydrogen (secondary N) is 2. The van der Waals surface area contributed by atoms with Gasteiger partial charge in [-0.15, -0.1) is 0 Å². The second-order valence-corrected chi connectivity index (χ2v) is 6.67. The fourth-order valence-electron chi connectivity index (χ4n) is 2.40. The average Bonchev–Trinajstić information content (AvgIpc) is 2.66. The number of alkyl carbamates (subject to hydrolysis) is 1. The normalized spacial score (nSPS) is 14.0. The summed E-state index contributed by atoms with van der Waals surface area (Å²) in [5, 5.41) is 4.63. The van der Waals surface area contributed by atoms with E-state index in [1.165, 1.54) is 19.1 Å². The highest BCUT2D eigenvalue weighted by Gasteiger charge is 2.34. The summed E-state index contributed by atoms with van der Waals surface area (Å²) in [5.41, 5.74) is 0.547. The lowest BCUT2D eigenvalue weighted by atomic mass is 10.2. The number of carbonyl (C=O) groups is 4. The molecule has 0 spiro atoms. The molecular weight excluding hydrogens is 471 g/mol. The van der Waals surface area contributed by atoms with Crippen LogP contribution in [0.4, 0.5) is 15.3 Å². The summed E-state index contributed by atoms with van der Waals surface area (Å²) >= 11 is 2.12. The first-order chi connectivity index (χ1) is 12.9. The number of hydrogen-bond donors (Lipinski definition) is 2. The van der Waals surface area contributed by atoms with E-state index >= 15 is 0 Å². The van der Waals surface area contributed by atoms with Crippen LogP contribution in [0.2, 0.25) is 0 Å². The monoisotopic (exact) mass is 490 g/mol. The Morgan fingerprint density at radius 3 is 2.63 bits per heavy atom.